The zero-order valence-corrected chi connectivity index (χ0v) is 17.9. The van der Waals surface area contributed by atoms with Crippen LogP contribution in [-0.4, -0.2) is 32.9 Å². The first-order chi connectivity index (χ1) is 14.6. The summed E-state index contributed by atoms with van der Waals surface area (Å²) in [5.74, 6) is -0.953. The number of aliphatic hydroxyl groups is 1. The number of anilines is 2. The van der Waals surface area contributed by atoms with Crippen LogP contribution in [0.15, 0.2) is 36.7 Å². The van der Waals surface area contributed by atoms with Gasteiger partial charge in [0.15, 0.2) is 5.60 Å². The van der Waals surface area contributed by atoms with Crippen LogP contribution in [0.25, 0.3) is 0 Å². The fourth-order valence-electron chi connectivity index (χ4n) is 2.68. The molecule has 172 valence electrons. The van der Waals surface area contributed by atoms with E-state index < -0.39 is 40.5 Å². The number of halogens is 3. The summed E-state index contributed by atoms with van der Waals surface area (Å²) in [6.07, 6.45) is -2.51. The van der Waals surface area contributed by atoms with Gasteiger partial charge >= 0.3 is 12.3 Å². The lowest BCUT2D eigenvalue weighted by Crippen LogP contribution is -2.43. The molecule has 3 N–H and O–H groups in total. The van der Waals surface area contributed by atoms with E-state index >= 15 is 0 Å². The maximum atomic E-state index is 13.1. The second-order valence-corrected chi connectivity index (χ2v) is 8.30. The fraction of sp³-hybridized carbons (Fsp3) is 0.381. The van der Waals surface area contributed by atoms with Crippen molar-refractivity contribution in [2.75, 3.05) is 10.6 Å². The molecule has 0 fully saturated rings. The smallest absolute Gasteiger partial charge is 0.417 e. The van der Waals surface area contributed by atoms with E-state index in [0.29, 0.717) is 11.8 Å². The molecule has 1 heterocycles. The average Bonchev–Trinajstić information content (AvgIpc) is 3.05. The standard InChI is InChI=1S/C21H23F3N4O4/c1-19(2,3)32-18(30)27-15-7-8-28(11-15)12-20(4,31)17(29)26-14-6-5-13(10-25)16(9-14)21(22,23)24/h5-9,11,31H,12H2,1-4H3,(H,26,29)(H,27,30)/t20-/m0/s1. The largest absolute Gasteiger partial charge is 0.444 e. The number of alkyl halides is 3. The highest BCUT2D eigenvalue weighted by Gasteiger charge is 2.35. The second kappa shape index (κ2) is 8.92. The minimum absolute atomic E-state index is 0.221. The molecular formula is C21H23F3N4O4. The number of ether oxygens (including phenoxy) is 1. The highest BCUT2D eigenvalue weighted by Crippen LogP contribution is 2.33. The van der Waals surface area contributed by atoms with Gasteiger partial charge < -0.3 is 19.7 Å². The van der Waals surface area contributed by atoms with Crippen molar-refractivity contribution in [1.82, 2.24) is 4.57 Å². The van der Waals surface area contributed by atoms with Crippen molar-refractivity contribution in [2.45, 2.75) is 51.6 Å². The molecule has 0 unspecified atom stereocenters. The van der Waals surface area contributed by atoms with Gasteiger partial charge in [-0.3, -0.25) is 10.1 Å². The van der Waals surface area contributed by atoms with Gasteiger partial charge in [0, 0.05) is 18.1 Å². The summed E-state index contributed by atoms with van der Waals surface area (Å²) >= 11 is 0. The maximum Gasteiger partial charge on any atom is 0.417 e. The summed E-state index contributed by atoms with van der Waals surface area (Å²) in [6.45, 7) is 6.06. The molecule has 2 rings (SSSR count). The van der Waals surface area contributed by atoms with E-state index in [1.54, 1.807) is 20.8 Å². The third-order valence-electron chi connectivity index (χ3n) is 4.08. The number of nitrogens with zero attached hydrogens (tertiary/aromatic N) is 2. The summed E-state index contributed by atoms with van der Waals surface area (Å²) in [5.41, 5.74) is -4.33. The van der Waals surface area contributed by atoms with Crippen molar-refractivity contribution in [3.05, 3.63) is 47.8 Å². The third kappa shape index (κ3) is 6.75. The van der Waals surface area contributed by atoms with Crippen LogP contribution < -0.4 is 10.6 Å². The van der Waals surface area contributed by atoms with E-state index in [0.717, 1.165) is 12.1 Å². The third-order valence-corrected chi connectivity index (χ3v) is 4.08. The van der Waals surface area contributed by atoms with E-state index in [9.17, 15) is 27.9 Å². The number of carbonyl (C=O) groups excluding carboxylic acids is 2. The normalized spacial score (nSPS) is 13.6. The van der Waals surface area contributed by atoms with Crippen LogP contribution in [-0.2, 0) is 22.3 Å². The Hall–Kier alpha value is -3.52. The van der Waals surface area contributed by atoms with Crippen LogP contribution in [0.1, 0.15) is 38.8 Å². The lowest BCUT2D eigenvalue weighted by atomic mass is 10.0. The van der Waals surface area contributed by atoms with Crippen molar-refractivity contribution in [3.8, 4) is 6.07 Å². The number of benzene rings is 1. The molecule has 11 heteroatoms. The molecule has 0 bridgehead atoms. The van der Waals surface area contributed by atoms with Gasteiger partial charge in [0.1, 0.15) is 5.60 Å². The van der Waals surface area contributed by atoms with Crippen LogP contribution in [0.2, 0.25) is 0 Å². The number of rotatable bonds is 5. The number of hydrogen-bond donors (Lipinski definition) is 3. The Balaban J connectivity index is 2.08. The first kappa shape index (κ1) is 24.7. The fourth-order valence-corrected chi connectivity index (χ4v) is 2.68. The summed E-state index contributed by atoms with van der Waals surface area (Å²) in [7, 11) is 0. The summed E-state index contributed by atoms with van der Waals surface area (Å²) in [6, 6.07) is 5.68. The van der Waals surface area contributed by atoms with Gasteiger partial charge in [0.05, 0.1) is 29.4 Å². The van der Waals surface area contributed by atoms with Crippen molar-refractivity contribution in [3.63, 3.8) is 0 Å². The van der Waals surface area contributed by atoms with Crippen LogP contribution in [0, 0.1) is 11.3 Å². The van der Waals surface area contributed by atoms with E-state index in [4.69, 9.17) is 10.00 Å². The molecule has 0 radical (unpaired) electrons. The number of nitrogens with one attached hydrogen (secondary N) is 2. The molecule has 0 aliphatic rings. The number of aromatic nitrogens is 1. The zero-order chi connectivity index (χ0) is 24.3. The molecule has 2 amide bonds. The molecule has 0 spiro atoms. The molecule has 0 aliphatic heterocycles. The monoisotopic (exact) mass is 452 g/mol. The summed E-state index contributed by atoms with van der Waals surface area (Å²) in [4.78, 5) is 24.3. The Labute approximate surface area is 182 Å². The van der Waals surface area contributed by atoms with E-state index in [1.165, 1.54) is 36.0 Å². The van der Waals surface area contributed by atoms with Gasteiger partial charge in [-0.2, -0.15) is 18.4 Å². The molecular weight excluding hydrogens is 429 g/mol. The molecule has 32 heavy (non-hydrogen) atoms. The molecule has 8 nitrogen and oxygen atoms in total. The van der Waals surface area contributed by atoms with Crippen molar-refractivity contribution in [2.24, 2.45) is 0 Å². The quantitative estimate of drug-likeness (QED) is 0.631. The lowest BCUT2D eigenvalue weighted by molar-refractivity contribution is -0.138. The number of hydrogen-bond acceptors (Lipinski definition) is 5. The van der Waals surface area contributed by atoms with Crippen molar-refractivity contribution < 1.29 is 32.6 Å². The van der Waals surface area contributed by atoms with E-state index in [1.807, 2.05) is 0 Å². The SMILES string of the molecule is CC(C)(C)OC(=O)Nc1ccn(C[C@](C)(O)C(=O)Nc2ccc(C#N)c(C(F)(F)F)c2)c1. The molecule has 0 saturated carbocycles. The summed E-state index contributed by atoms with van der Waals surface area (Å²) in [5, 5.41) is 24.1. The first-order valence-corrected chi connectivity index (χ1v) is 9.42. The first-order valence-electron chi connectivity index (χ1n) is 9.42. The van der Waals surface area contributed by atoms with Gasteiger partial charge in [0.2, 0.25) is 0 Å². The molecule has 1 aromatic carbocycles. The number of nitriles is 1. The zero-order valence-electron chi connectivity index (χ0n) is 17.9. The minimum Gasteiger partial charge on any atom is -0.444 e. The van der Waals surface area contributed by atoms with Crippen LogP contribution >= 0.6 is 0 Å². The van der Waals surface area contributed by atoms with Gasteiger partial charge in [-0.15, -0.1) is 0 Å². The highest BCUT2D eigenvalue weighted by atomic mass is 19.4. The predicted molar refractivity (Wildman–Crippen MR) is 110 cm³/mol. The molecule has 1 atom stereocenters. The van der Waals surface area contributed by atoms with E-state index in [2.05, 4.69) is 10.6 Å². The van der Waals surface area contributed by atoms with Gasteiger partial charge in [-0.25, -0.2) is 4.79 Å². The predicted octanol–water partition coefficient (Wildman–Crippen LogP) is 4.12. The van der Waals surface area contributed by atoms with Crippen molar-refractivity contribution >= 4 is 23.4 Å². The van der Waals surface area contributed by atoms with Crippen LogP contribution in [0.3, 0.4) is 0 Å². The van der Waals surface area contributed by atoms with Crippen molar-refractivity contribution in [1.29, 1.82) is 5.26 Å². The minimum atomic E-state index is -4.78. The van der Waals surface area contributed by atoms with Crippen LogP contribution in [0.4, 0.5) is 29.3 Å². The Morgan fingerprint density at radius 2 is 1.78 bits per heavy atom. The Kier molecular flexibility index (Phi) is 6.90. The Morgan fingerprint density at radius 1 is 1.12 bits per heavy atom. The number of amides is 2. The lowest BCUT2D eigenvalue weighted by Gasteiger charge is -2.23. The molecule has 1 aromatic heterocycles. The molecule has 0 saturated heterocycles. The molecule has 2 aromatic rings. The van der Waals surface area contributed by atoms with Crippen LogP contribution in [0.5, 0.6) is 0 Å². The second-order valence-electron chi connectivity index (χ2n) is 8.30. The molecule has 0 aliphatic carbocycles. The van der Waals surface area contributed by atoms with Gasteiger partial charge in [-0.1, -0.05) is 0 Å². The Bertz CT molecular complexity index is 1050. The van der Waals surface area contributed by atoms with Gasteiger partial charge in [0.25, 0.3) is 5.91 Å². The maximum absolute atomic E-state index is 13.1. The van der Waals surface area contributed by atoms with Gasteiger partial charge in [-0.05, 0) is 52.0 Å². The number of carbonyl (C=O) groups is 2. The van der Waals surface area contributed by atoms with E-state index in [-0.39, 0.29) is 12.2 Å². The summed E-state index contributed by atoms with van der Waals surface area (Å²) < 4.78 is 45.9. The Morgan fingerprint density at radius 3 is 2.34 bits per heavy atom. The average molecular weight is 452 g/mol. The topological polar surface area (TPSA) is 116 Å². The highest BCUT2D eigenvalue weighted by molar-refractivity contribution is 5.97.